The fraction of sp³-hybridized carbons (Fsp3) is 0.700. The van der Waals surface area contributed by atoms with Crippen molar-refractivity contribution in [3.05, 3.63) is 0 Å². The highest BCUT2D eigenvalue weighted by Gasteiger charge is 2.30. The third kappa shape index (κ3) is 3.88. The van der Waals surface area contributed by atoms with E-state index in [-0.39, 0.29) is 12.5 Å². The third-order valence-electron chi connectivity index (χ3n) is 2.76. The normalized spacial score (nSPS) is 18.7. The second-order valence-corrected chi connectivity index (χ2v) is 4.28. The smallest absolute Gasteiger partial charge is 0.323 e. The monoisotopic (exact) mass is 259 g/mol. The number of aliphatic hydroxyl groups excluding tert-OH is 1. The summed E-state index contributed by atoms with van der Waals surface area (Å²) in [5.74, 6) is -1.96. The highest BCUT2D eigenvalue weighted by molar-refractivity contribution is 5.86. The zero-order chi connectivity index (χ0) is 13.7. The molecule has 1 atom stereocenters. The maximum atomic E-state index is 12.0. The molecule has 0 aliphatic carbocycles. The topological polar surface area (TPSA) is 124 Å². The number of carboxylic acids is 1. The Morgan fingerprint density at radius 1 is 1.33 bits per heavy atom. The van der Waals surface area contributed by atoms with E-state index in [9.17, 15) is 14.4 Å². The molecule has 0 saturated carbocycles. The first-order valence-electron chi connectivity index (χ1n) is 5.58. The van der Waals surface area contributed by atoms with Gasteiger partial charge in [-0.3, -0.25) is 9.59 Å². The van der Waals surface area contributed by atoms with Gasteiger partial charge >= 0.3 is 12.0 Å². The molecule has 0 aromatic rings. The van der Waals surface area contributed by atoms with Gasteiger partial charge in [-0.1, -0.05) is 0 Å². The number of hydrogen-bond donors (Lipinski definition) is 3. The van der Waals surface area contributed by atoms with Gasteiger partial charge in [-0.15, -0.1) is 0 Å². The van der Waals surface area contributed by atoms with Gasteiger partial charge in [-0.2, -0.15) is 0 Å². The molecule has 8 nitrogen and oxygen atoms in total. The Morgan fingerprint density at radius 2 is 2.00 bits per heavy atom. The van der Waals surface area contributed by atoms with Crippen LogP contribution in [0.3, 0.4) is 0 Å². The van der Waals surface area contributed by atoms with Crippen LogP contribution in [0.25, 0.3) is 0 Å². The first-order chi connectivity index (χ1) is 8.43. The predicted octanol–water partition coefficient (Wildman–Crippen LogP) is -1.71. The molecular formula is C10H17N3O5. The van der Waals surface area contributed by atoms with E-state index in [2.05, 4.69) is 0 Å². The van der Waals surface area contributed by atoms with Crippen LogP contribution in [0.15, 0.2) is 0 Å². The van der Waals surface area contributed by atoms with Gasteiger partial charge in [-0.25, -0.2) is 4.79 Å². The minimum absolute atomic E-state index is 0.00852. The molecule has 1 rings (SSSR count). The lowest BCUT2D eigenvalue weighted by Gasteiger charge is -2.25. The van der Waals surface area contributed by atoms with Crippen LogP contribution in [0.5, 0.6) is 0 Å². The standard InChI is InChI=1S/C10H17N3O5/c11-8(15)4-13(5-9(16)17)10(18)12-2-1-7(3-12)6-14/h7,14H,1-6H2,(H2,11,15)(H,16,17). The quantitative estimate of drug-likeness (QED) is 0.542. The lowest BCUT2D eigenvalue weighted by atomic mass is 10.1. The summed E-state index contributed by atoms with van der Waals surface area (Å²) in [4.78, 5) is 35.7. The summed E-state index contributed by atoms with van der Waals surface area (Å²) in [6.45, 7) is -0.199. The highest BCUT2D eigenvalue weighted by Crippen LogP contribution is 2.16. The number of carbonyl (C=O) groups is 3. The van der Waals surface area contributed by atoms with Crippen LogP contribution in [-0.4, -0.2) is 70.7 Å². The largest absolute Gasteiger partial charge is 0.480 e. The Kier molecular flexibility index (Phi) is 4.90. The van der Waals surface area contributed by atoms with E-state index < -0.39 is 31.0 Å². The summed E-state index contributed by atoms with van der Waals surface area (Å²) in [6.07, 6.45) is 0.666. The van der Waals surface area contributed by atoms with Crippen LogP contribution in [0.2, 0.25) is 0 Å². The zero-order valence-corrected chi connectivity index (χ0v) is 9.91. The van der Waals surface area contributed by atoms with Gasteiger partial charge in [-0.05, 0) is 6.42 Å². The minimum atomic E-state index is -1.21. The molecule has 1 unspecified atom stereocenters. The van der Waals surface area contributed by atoms with Crippen LogP contribution >= 0.6 is 0 Å². The van der Waals surface area contributed by atoms with Gasteiger partial charge < -0.3 is 25.7 Å². The lowest BCUT2D eigenvalue weighted by Crippen LogP contribution is -2.47. The van der Waals surface area contributed by atoms with E-state index in [0.717, 1.165) is 4.90 Å². The molecular weight excluding hydrogens is 242 g/mol. The Labute approximate surface area is 104 Å². The molecule has 0 radical (unpaired) electrons. The Balaban J connectivity index is 2.64. The van der Waals surface area contributed by atoms with Crippen molar-refractivity contribution in [2.24, 2.45) is 11.7 Å². The van der Waals surface area contributed by atoms with E-state index >= 15 is 0 Å². The number of urea groups is 1. The molecule has 102 valence electrons. The second-order valence-electron chi connectivity index (χ2n) is 4.28. The highest BCUT2D eigenvalue weighted by atomic mass is 16.4. The van der Waals surface area contributed by atoms with Crippen LogP contribution in [0, 0.1) is 5.92 Å². The number of amides is 3. The number of aliphatic hydroxyl groups is 1. The predicted molar refractivity (Wildman–Crippen MR) is 60.6 cm³/mol. The number of primary amides is 1. The van der Waals surface area contributed by atoms with Gasteiger partial charge in [0.15, 0.2) is 0 Å². The fourth-order valence-electron chi connectivity index (χ4n) is 1.90. The Hall–Kier alpha value is -1.83. The molecule has 3 amide bonds. The number of nitrogens with two attached hydrogens (primary N) is 1. The van der Waals surface area contributed by atoms with Crippen molar-refractivity contribution in [2.75, 3.05) is 32.8 Å². The molecule has 1 heterocycles. The maximum absolute atomic E-state index is 12.0. The van der Waals surface area contributed by atoms with Gasteiger partial charge in [0.1, 0.15) is 13.1 Å². The van der Waals surface area contributed by atoms with Crippen LogP contribution in [0.1, 0.15) is 6.42 Å². The van der Waals surface area contributed by atoms with Crippen LogP contribution < -0.4 is 5.73 Å². The Morgan fingerprint density at radius 3 is 2.44 bits per heavy atom. The van der Waals surface area contributed by atoms with E-state index in [1.165, 1.54) is 4.90 Å². The summed E-state index contributed by atoms with van der Waals surface area (Å²) in [5.41, 5.74) is 4.97. The molecule has 0 bridgehead atoms. The van der Waals surface area contributed by atoms with Crippen LogP contribution in [0.4, 0.5) is 4.79 Å². The average Bonchev–Trinajstić information content (AvgIpc) is 2.74. The number of likely N-dealkylation sites (tertiary alicyclic amines) is 1. The molecule has 0 spiro atoms. The van der Waals surface area contributed by atoms with Crippen molar-refractivity contribution >= 4 is 17.9 Å². The third-order valence-corrected chi connectivity index (χ3v) is 2.76. The minimum Gasteiger partial charge on any atom is -0.480 e. The second kappa shape index (κ2) is 6.20. The summed E-state index contributed by atoms with van der Waals surface area (Å²) < 4.78 is 0. The zero-order valence-electron chi connectivity index (χ0n) is 9.91. The van der Waals surface area contributed by atoms with E-state index in [4.69, 9.17) is 15.9 Å². The molecule has 1 aliphatic rings. The van der Waals surface area contributed by atoms with Gasteiger partial charge in [0, 0.05) is 25.6 Å². The van der Waals surface area contributed by atoms with Crippen molar-refractivity contribution in [3.63, 3.8) is 0 Å². The summed E-state index contributed by atoms with van der Waals surface area (Å²) >= 11 is 0. The lowest BCUT2D eigenvalue weighted by molar-refractivity contribution is -0.138. The molecule has 8 heteroatoms. The van der Waals surface area contributed by atoms with Crippen LogP contribution in [-0.2, 0) is 9.59 Å². The SMILES string of the molecule is NC(=O)CN(CC(=O)O)C(=O)N1CCC(CO)C1. The number of hydrogen-bond acceptors (Lipinski definition) is 4. The van der Waals surface area contributed by atoms with Crippen molar-refractivity contribution in [1.29, 1.82) is 0 Å². The van der Waals surface area contributed by atoms with Crippen molar-refractivity contribution in [1.82, 2.24) is 9.80 Å². The first-order valence-corrected chi connectivity index (χ1v) is 5.58. The average molecular weight is 259 g/mol. The van der Waals surface area contributed by atoms with Crippen molar-refractivity contribution < 1.29 is 24.6 Å². The number of nitrogens with zero attached hydrogens (tertiary/aromatic N) is 2. The van der Waals surface area contributed by atoms with Crippen molar-refractivity contribution in [3.8, 4) is 0 Å². The number of carboxylic acid groups (broad SMARTS) is 1. The first kappa shape index (κ1) is 14.2. The summed E-state index contributed by atoms with van der Waals surface area (Å²) in [5, 5.41) is 17.7. The van der Waals surface area contributed by atoms with E-state index in [0.29, 0.717) is 19.5 Å². The maximum Gasteiger partial charge on any atom is 0.323 e. The molecule has 0 aromatic heterocycles. The van der Waals surface area contributed by atoms with Gasteiger partial charge in [0.05, 0.1) is 0 Å². The molecule has 1 fully saturated rings. The molecule has 1 aliphatic heterocycles. The molecule has 18 heavy (non-hydrogen) atoms. The number of carbonyl (C=O) groups excluding carboxylic acids is 2. The fourth-order valence-corrected chi connectivity index (χ4v) is 1.90. The van der Waals surface area contributed by atoms with Crippen molar-refractivity contribution in [2.45, 2.75) is 6.42 Å². The number of rotatable bonds is 5. The van der Waals surface area contributed by atoms with Gasteiger partial charge in [0.25, 0.3) is 0 Å². The van der Waals surface area contributed by atoms with E-state index in [1.54, 1.807) is 0 Å². The number of aliphatic carboxylic acids is 1. The molecule has 0 aromatic carbocycles. The van der Waals surface area contributed by atoms with E-state index in [1.807, 2.05) is 0 Å². The Bertz CT molecular complexity index is 330. The van der Waals surface area contributed by atoms with Gasteiger partial charge in [0.2, 0.25) is 5.91 Å². The molecule has 4 N–H and O–H groups in total. The molecule has 1 saturated heterocycles. The summed E-state index contributed by atoms with van der Waals surface area (Å²) in [7, 11) is 0. The summed E-state index contributed by atoms with van der Waals surface area (Å²) in [6, 6.07) is -0.535.